The van der Waals surface area contributed by atoms with Crippen LogP contribution in [0.2, 0.25) is 0 Å². The van der Waals surface area contributed by atoms with Crippen LogP contribution in [-0.4, -0.2) is 24.6 Å². The Balaban J connectivity index is 1.60. The summed E-state index contributed by atoms with van der Waals surface area (Å²) in [4.78, 5) is 33.7. The average molecular weight is 557 g/mol. The minimum Gasteiger partial charge on any atom is -0.494 e. The summed E-state index contributed by atoms with van der Waals surface area (Å²) in [7, 11) is 0. The van der Waals surface area contributed by atoms with Gasteiger partial charge in [0.2, 0.25) is 0 Å². The molecule has 3 aromatic carbocycles. The number of carbonyl (C=O) groups is 1. The van der Waals surface area contributed by atoms with Crippen molar-refractivity contribution in [2.45, 2.75) is 90.6 Å². The molecule has 0 N–H and O–H groups in total. The standard InChI is InChI=1S/C36H44O5/c1-3-4-5-12-17-29(2)40-41-36(38)32-22-25-34(35(28-32)30-18-13-11-14-19-30)31-20-23-33(24-21-31)39-27-16-10-8-6-7-9-15-26-37/h11,13-15,18-25,28-29H,3-10,12,16-17,27H2,1-2H3/t29-/m0/s1. The van der Waals surface area contributed by atoms with Crippen LogP contribution in [-0.2, 0) is 14.6 Å². The Kier molecular flexibility index (Phi) is 14.5. The first kappa shape index (κ1) is 31.9. The highest BCUT2D eigenvalue weighted by Gasteiger charge is 2.16. The van der Waals surface area contributed by atoms with Crippen molar-refractivity contribution in [1.82, 2.24) is 0 Å². The van der Waals surface area contributed by atoms with Crippen molar-refractivity contribution in [2.24, 2.45) is 0 Å². The van der Waals surface area contributed by atoms with Crippen LogP contribution in [0.15, 0.2) is 78.9 Å². The van der Waals surface area contributed by atoms with Gasteiger partial charge in [-0.3, -0.25) is 4.89 Å². The van der Waals surface area contributed by atoms with Gasteiger partial charge in [0.15, 0.2) is 0 Å². The lowest BCUT2D eigenvalue weighted by Crippen LogP contribution is -2.13. The molecule has 3 aromatic rings. The molecule has 0 bridgehead atoms. The van der Waals surface area contributed by atoms with E-state index in [-0.39, 0.29) is 6.10 Å². The molecule has 0 saturated heterocycles. The first-order valence-corrected chi connectivity index (χ1v) is 15.1. The molecule has 0 heterocycles. The number of hydrogen-bond donors (Lipinski definition) is 0. The molecule has 0 aliphatic heterocycles. The summed E-state index contributed by atoms with van der Waals surface area (Å²) in [5.74, 6) is 2.18. The first-order valence-electron chi connectivity index (χ1n) is 15.1. The maximum absolute atomic E-state index is 12.8. The van der Waals surface area contributed by atoms with E-state index in [0.29, 0.717) is 12.2 Å². The topological polar surface area (TPSA) is 61.8 Å². The van der Waals surface area contributed by atoms with Gasteiger partial charge >= 0.3 is 5.97 Å². The minimum absolute atomic E-state index is 0.138. The molecule has 0 aromatic heterocycles. The van der Waals surface area contributed by atoms with Crippen molar-refractivity contribution in [3.8, 4) is 28.0 Å². The lowest BCUT2D eigenvalue weighted by Gasteiger charge is -2.14. The number of rotatable bonds is 19. The summed E-state index contributed by atoms with van der Waals surface area (Å²) in [6.07, 6.45) is 13.1. The van der Waals surface area contributed by atoms with Gasteiger partial charge in [-0.05, 0) is 85.2 Å². The van der Waals surface area contributed by atoms with Crippen LogP contribution < -0.4 is 4.74 Å². The van der Waals surface area contributed by atoms with Gasteiger partial charge in [-0.25, -0.2) is 9.59 Å². The Hall–Kier alpha value is -3.66. The van der Waals surface area contributed by atoms with E-state index in [0.717, 1.165) is 85.8 Å². The van der Waals surface area contributed by atoms with E-state index in [1.165, 1.54) is 12.8 Å². The van der Waals surface area contributed by atoms with Gasteiger partial charge in [0.1, 0.15) is 17.8 Å². The molecule has 41 heavy (non-hydrogen) atoms. The summed E-state index contributed by atoms with van der Waals surface area (Å²) in [6, 6.07) is 23.8. The highest BCUT2D eigenvalue weighted by atomic mass is 17.2. The quantitative estimate of drug-likeness (QED) is 0.0637. The highest BCUT2D eigenvalue weighted by molar-refractivity contribution is 5.94. The van der Waals surface area contributed by atoms with E-state index >= 15 is 0 Å². The molecule has 0 fully saturated rings. The van der Waals surface area contributed by atoms with Gasteiger partial charge < -0.3 is 4.74 Å². The average Bonchev–Trinajstić information content (AvgIpc) is 3.01. The number of hydrogen-bond acceptors (Lipinski definition) is 5. The van der Waals surface area contributed by atoms with Crippen molar-refractivity contribution in [3.63, 3.8) is 0 Å². The lowest BCUT2D eigenvalue weighted by molar-refractivity contribution is -0.271. The molecule has 0 spiro atoms. The van der Waals surface area contributed by atoms with E-state index in [2.05, 4.69) is 19.1 Å². The zero-order valence-corrected chi connectivity index (χ0v) is 24.6. The molecule has 5 nitrogen and oxygen atoms in total. The first-order chi connectivity index (χ1) is 20.1. The van der Waals surface area contributed by atoms with Crippen LogP contribution in [0.1, 0.15) is 94.8 Å². The number of ether oxygens (including phenoxy) is 1. The second-order valence-corrected chi connectivity index (χ2v) is 10.5. The van der Waals surface area contributed by atoms with E-state index < -0.39 is 5.97 Å². The Morgan fingerprint density at radius 3 is 2.27 bits per heavy atom. The van der Waals surface area contributed by atoms with Crippen LogP contribution in [0.5, 0.6) is 5.75 Å². The lowest BCUT2D eigenvalue weighted by atomic mass is 9.93. The maximum Gasteiger partial charge on any atom is 0.373 e. The Morgan fingerprint density at radius 1 is 0.805 bits per heavy atom. The van der Waals surface area contributed by atoms with E-state index in [9.17, 15) is 9.59 Å². The van der Waals surface area contributed by atoms with Crippen molar-refractivity contribution < 1.29 is 24.1 Å². The number of carbonyl (C=O) groups excluding carboxylic acids is 2. The van der Waals surface area contributed by atoms with Crippen molar-refractivity contribution in [3.05, 3.63) is 84.4 Å². The van der Waals surface area contributed by atoms with E-state index in [1.54, 1.807) is 12.1 Å². The van der Waals surface area contributed by atoms with Crippen molar-refractivity contribution in [1.29, 1.82) is 0 Å². The predicted octanol–water partition coefficient (Wildman–Crippen LogP) is 9.58. The summed E-state index contributed by atoms with van der Waals surface area (Å²) < 4.78 is 5.96. The van der Waals surface area contributed by atoms with Gasteiger partial charge in [-0.1, -0.05) is 100 Å². The molecular weight excluding hydrogens is 512 g/mol. The van der Waals surface area contributed by atoms with Gasteiger partial charge in [0.05, 0.1) is 12.2 Å². The van der Waals surface area contributed by atoms with Crippen LogP contribution in [0, 0.1) is 0 Å². The van der Waals surface area contributed by atoms with E-state index in [4.69, 9.17) is 14.5 Å². The van der Waals surface area contributed by atoms with Gasteiger partial charge in [0.25, 0.3) is 0 Å². The maximum atomic E-state index is 12.8. The number of allylic oxidation sites excluding steroid dienone is 1. The van der Waals surface area contributed by atoms with Gasteiger partial charge in [-0.15, -0.1) is 0 Å². The molecule has 1 atom stereocenters. The van der Waals surface area contributed by atoms with Crippen LogP contribution in [0.4, 0.5) is 0 Å². The normalized spacial score (nSPS) is 11.5. The number of benzene rings is 3. The zero-order chi connectivity index (χ0) is 29.1. The minimum atomic E-state index is -0.490. The molecule has 0 saturated carbocycles. The summed E-state index contributed by atoms with van der Waals surface area (Å²) in [5, 5.41) is 0. The molecule has 218 valence electrons. The molecule has 0 unspecified atom stereocenters. The Morgan fingerprint density at radius 2 is 1.51 bits per heavy atom. The second kappa shape index (κ2) is 18.6. The van der Waals surface area contributed by atoms with Crippen molar-refractivity contribution >= 4 is 11.9 Å². The van der Waals surface area contributed by atoms with Crippen molar-refractivity contribution in [2.75, 3.05) is 6.61 Å². The molecule has 3 rings (SSSR count). The summed E-state index contributed by atoms with van der Waals surface area (Å²) >= 11 is 0. The zero-order valence-electron chi connectivity index (χ0n) is 24.6. The second-order valence-electron chi connectivity index (χ2n) is 10.5. The van der Waals surface area contributed by atoms with Gasteiger partial charge in [-0.2, -0.15) is 4.89 Å². The number of unbranched alkanes of at least 4 members (excludes halogenated alkanes) is 8. The molecule has 0 aliphatic rings. The molecule has 0 amide bonds. The molecule has 0 aliphatic carbocycles. The fourth-order valence-electron chi connectivity index (χ4n) is 4.72. The fraction of sp³-hybridized carbons (Fsp3) is 0.417. The third kappa shape index (κ3) is 11.4. The van der Waals surface area contributed by atoms with Crippen LogP contribution in [0.25, 0.3) is 22.3 Å². The SMILES string of the molecule is CCCCCC[C@H](C)OOC(=O)c1ccc(-c2ccc(OCCCCCCCC=C=O)cc2)c(-c2ccccc2)c1. The Labute approximate surface area is 245 Å². The van der Waals surface area contributed by atoms with Crippen LogP contribution >= 0.6 is 0 Å². The highest BCUT2D eigenvalue weighted by Crippen LogP contribution is 2.34. The van der Waals surface area contributed by atoms with Gasteiger partial charge in [0, 0.05) is 0 Å². The van der Waals surface area contributed by atoms with E-state index in [1.807, 2.05) is 67.5 Å². The monoisotopic (exact) mass is 556 g/mol. The largest absolute Gasteiger partial charge is 0.494 e. The summed E-state index contributed by atoms with van der Waals surface area (Å²) in [6.45, 7) is 4.80. The predicted molar refractivity (Wildman–Crippen MR) is 165 cm³/mol. The van der Waals surface area contributed by atoms with Crippen LogP contribution in [0.3, 0.4) is 0 Å². The Bertz CT molecular complexity index is 1210. The molecule has 5 heteroatoms. The molecule has 0 radical (unpaired) electrons. The third-order valence-corrected chi connectivity index (χ3v) is 7.10. The molecular formula is C36H44O5. The fourth-order valence-corrected chi connectivity index (χ4v) is 4.72. The smallest absolute Gasteiger partial charge is 0.373 e. The summed E-state index contributed by atoms with van der Waals surface area (Å²) in [5.41, 5.74) is 4.48. The third-order valence-electron chi connectivity index (χ3n) is 7.10.